The third-order valence-corrected chi connectivity index (χ3v) is 5.66. The summed E-state index contributed by atoms with van der Waals surface area (Å²) in [6.07, 6.45) is 0. The molecule has 2 heterocycles. The minimum absolute atomic E-state index is 0.737. The summed E-state index contributed by atoms with van der Waals surface area (Å²) in [5.74, 6) is 1.57. The molecule has 3 nitrogen and oxygen atoms in total. The molecule has 0 atom stereocenters. The maximum atomic E-state index is 5.02. The Hall–Kier alpha value is -4.24. The minimum atomic E-state index is 0.737. The highest BCUT2D eigenvalue weighted by Crippen LogP contribution is 2.36. The van der Waals surface area contributed by atoms with Crippen LogP contribution >= 0.6 is 0 Å². The molecule has 0 unspecified atom stereocenters. The highest BCUT2D eigenvalue weighted by Gasteiger charge is 2.23. The fraction of sp³-hybridized carbons (Fsp3) is 0. The SMILES string of the molecule is c1ccc(C2=NC(=Nc3[nH]c(-c4ccccc4)c4ccccc34)c3ccccc32)cc1. The van der Waals surface area contributed by atoms with Crippen LogP contribution < -0.4 is 0 Å². The number of nitrogens with one attached hydrogen (secondary N) is 1. The number of aromatic amines is 1. The molecule has 0 radical (unpaired) electrons. The molecule has 0 bridgehead atoms. The monoisotopic (exact) mass is 397 g/mol. The number of nitrogens with zero attached hydrogens (tertiary/aromatic N) is 2. The third-order valence-electron chi connectivity index (χ3n) is 5.66. The highest BCUT2D eigenvalue weighted by atomic mass is 15.0. The smallest absolute Gasteiger partial charge is 0.162 e. The average Bonchev–Trinajstić information content (AvgIpc) is 3.40. The van der Waals surface area contributed by atoms with E-state index in [1.165, 1.54) is 0 Å². The van der Waals surface area contributed by atoms with Crippen molar-refractivity contribution in [3.8, 4) is 11.3 Å². The number of benzene rings is 4. The fourth-order valence-corrected chi connectivity index (χ4v) is 4.20. The summed E-state index contributed by atoms with van der Waals surface area (Å²) in [5, 5.41) is 2.25. The van der Waals surface area contributed by atoms with Gasteiger partial charge in [0.15, 0.2) is 5.84 Å². The van der Waals surface area contributed by atoms with Gasteiger partial charge in [-0.05, 0) is 5.56 Å². The maximum Gasteiger partial charge on any atom is 0.162 e. The number of rotatable bonds is 3. The Bertz CT molecular complexity index is 1460. The zero-order chi connectivity index (χ0) is 20.6. The van der Waals surface area contributed by atoms with Gasteiger partial charge in [0, 0.05) is 27.5 Å². The first-order chi connectivity index (χ1) is 15.4. The number of hydrogen-bond acceptors (Lipinski definition) is 1. The molecule has 31 heavy (non-hydrogen) atoms. The molecule has 0 saturated heterocycles. The van der Waals surface area contributed by atoms with Gasteiger partial charge in [0.1, 0.15) is 5.82 Å². The van der Waals surface area contributed by atoms with E-state index < -0.39 is 0 Å². The number of hydrogen-bond donors (Lipinski definition) is 1. The number of aliphatic imine (C=N–C) groups is 2. The van der Waals surface area contributed by atoms with E-state index in [9.17, 15) is 0 Å². The second-order valence-electron chi connectivity index (χ2n) is 7.57. The van der Waals surface area contributed by atoms with E-state index >= 15 is 0 Å². The Balaban J connectivity index is 1.55. The van der Waals surface area contributed by atoms with E-state index in [1.807, 2.05) is 30.3 Å². The van der Waals surface area contributed by atoms with E-state index in [4.69, 9.17) is 9.98 Å². The van der Waals surface area contributed by atoms with Gasteiger partial charge in [0.05, 0.1) is 11.4 Å². The van der Waals surface area contributed by atoms with Crippen LogP contribution in [0.1, 0.15) is 16.7 Å². The molecule has 0 amide bonds. The number of fused-ring (bicyclic) bond motifs is 2. The van der Waals surface area contributed by atoms with Crippen molar-refractivity contribution in [3.63, 3.8) is 0 Å². The first-order valence-electron chi connectivity index (χ1n) is 10.4. The van der Waals surface area contributed by atoms with Crippen LogP contribution in [0.3, 0.4) is 0 Å². The predicted molar refractivity (Wildman–Crippen MR) is 128 cm³/mol. The summed E-state index contributed by atoms with van der Waals surface area (Å²) in [5.41, 5.74) is 6.46. The third kappa shape index (κ3) is 2.99. The summed E-state index contributed by atoms with van der Waals surface area (Å²) in [7, 11) is 0. The molecule has 6 rings (SSSR count). The van der Waals surface area contributed by atoms with Crippen LogP contribution in [-0.4, -0.2) is 16.5 Å². The Morgan fingerprint density at radius 2 is 1.13 bits per heavy atom. The zero-order valence-corrected chi connectivity index (χ0v) is 16.8. The molecule has 3 heteroatoms. The maximum absolute atomic E-state index is 5.02. The van der Waals surface area contributed by atoms with Gasteiger partial charge in [-0.2, -0.15) is 0 Å². The van der Waals surface area contributed by atoms with Crippen molar-refractivity contribution >= 4 is 28.1 Å². The van der Waals surface area contributed by atoms with Crippen LogP contribution in [0.2, 0.25) is 0 Å². The van der Waals surface area contributed by atoms with Crippen LogP contribution in [0.5, 0.6) is 0 Å². The Kier molecular flexibility index (Phi) is 4.10. The Morgan fingerprint density at radius 1 is 0.548 bits per heavy atom. The van der Waals surface area contributed by atoms with Crippen LogP contribution in [0, 0.1) is 0 Å². The first kappa shape index (κ1) is 17.6. The normalized spacial score (nSPS) is 14.1. The van der Waals surface area contributed by atoms with Crippen molar-refractivity contribution in [2.75, 3.05) is 0 Å². The molecule has 1 aromatic heterocycles. The number of H-pyrrole nitrogens is 1. The summed E-state index contributed by atoms with van der Waals surface area (Å²) < 4.78 is 0. The lowest BCUT2D eigenvalue weighted by atomic mass is 10.0. The summed E-state index contributed by atoms with van der Waals surface area (Å²) >= 11 is 0. The zero-order valence-electron chi connectivity index (χ0n) is 16.8. The second-order valence-corrected chi connectivity index (χ2v) is 7.57. The Morgan fingerprint density at radius 3 is 1.87 bits per heavy atom. The van der Waals surface area contributed by atoms with Crippen LogP contribution in [0.15, 0.2) is 119 Å². The van der Waals surface area contributed by atoms with Crippen molar-refractivity contribution in [3.05, 3.63) is 126 Å². The van der Waals surface area contributed by atoms with Crippen molar-refractivity contribution in [2.45, 2.75) is 0 Å². The van der Waals surface area contributed by atoms with Crippen LogP contribution in [0.25, 0.3) is 22.0 Å². The lowest BCUT2D eigenvalue weighted by Crippen LogP contribution is -1.99. The quantitative estimate of drug-likeness (QED) is 0.349. The van der Waals surface area contributed by atoms with Crippen molar-refractivity contribution in [1.82, 2.24) is 4.98 Å². The molecular formula is C28H19N3. The molecule has 0 saturated carbocycles. The Labute approximate surface area is 180 Å². The predicted octanol–water partition coefficient (Wildman–Crippen LogP) is 6.76. The van der Waals surface area contributed by atoms with Crippen LogP contribution in [-0.2, 0) is 0 Å². The first-order valence-corrected chi connectivity index (χ1v) is 10.4. The molecule has 1 aliphatic rings. The summed E-state index contributed by atoms with van der Waals surface area (Å²) in [6.45, 7) is 0. The van der Waals surface area contributed by atoms with Gasteiger partial charge < -0.3 is 4.98 Å². The molecule has 0 spiro atoms. The van der Waals surface area contributed by atoms with Crippen molar-refractivity contribution in [2.24, 2.45) is 9.98 Å². The molecule has 1 N–H and O–H groups in total. The van der Waals surface area contributed by atoms with E-state index in [2.05, 4.69) is 83.8 Å². The number of amidine groups is 1. The van der Waals surface area contributed by atoms with Gasteiger partial charge in [-0.1, -0.05) is 109 Å². The van der Waals surface area contributed by atoms with Gasteiger partial charge in [-0.15, -0.1) is 0 Å². The van der Waals surface area contributed by atoms with Gasteiger partial charge >= 0.3 is 0 Å². The molecule has 0 fully saturated rings. The largest absolute Gasteiger partial charge is 0.339 e. The van der Waals surface area contributed by atoms with Gasteiger partial charge in [0.2, 0.25) is 0 Å². The van der Waals surface area contributed by atoms with Crippen LogP contribution in [0.4, 0.5) is 5.82 Å². The lowest BCUT2D eigenvalue weighted by Gasteiger charge is -2.02. The highest BCUT2D eigenvalue weighted by molar-refractivity contribution is 6.29. The number of aromatic nitrogens is 1. The summed E-state index contributed by atoms with van der Waals surface area (Å²) in [6, 6.07) is 37.3. The molecule has 4 aromatic carbocycles. The fourth-order valence-electron chi connectivity index (χ4n) is 4.20. The van der Waals surface area contributed by atoms with Crippen molar-refractivity contribution in [1.29, 1.82) is 0 Å². The molecule has 146 valence electrons. The van der Waals surface area contributed by atoms with E-state index in [-0.39, 0.29) is 0 Å². The molecular weight excluding hydrogens is 378 g/mol. The van der Waals surface area contributed by atoms with E-state index in [1.54, 1.807) is 0 Å². The van der Waals surface area contributed by atoms with Gasteiger partial charge in [-0.25, -0.2) is 9.98 Å². The molecule has 1 aliphatic heterocycles. The topological polar surface area (TPSA) is 40.5 Å². The minimum Gasteiger partial charge on any atom is -0.339 e. The van der Waals surface area contributed by atoms with Gasteiger partial charge in [0.25, 0.3) is 0 Å². The summed E-state index contributed by atoms with van der Waals surface area (Å²) in [4.78, 5) is 13.5. The average molecular weight is 397 g/mol. The molecule has 0 aliphatic carbocycles. The lowest BCUT2D eigenvalue weighted by molar-refractivity contribution is 1.33. The van der Waals surface area contributed by atoms with Gasteiger partial charge in [-0.3, -0.25) is 0 Å². The van der Waals surface area contributed by atoms with E-state index in [0.717, 1.165) is 56.1 Å². The van der Waals surface area contributed by atoms with Crippen molar-refractivity contribution < 1.29 is 0 Å². The molecule has 5 aromatic rings. The standard InChI is InChI=1S/C28H19N3/c1-3-11-19(12-4-1)25-21-15-7-9-17-23(21)27(29-25)31-28-24-18-10-8-16-22(24)26(30-28)20-13-5-2-6-14-20/h1-18,29H. The van der Waals surface area contributed by atoms with E-state index in [0.29, 0.717) is 0 Å². The second kappa shape index (κ2) is 7.22.